The number of piperidine rings is 1. The minimum absolute atomic E-state index is 0.533. The second kappa shape index (κ2) is 8.17. The van der Waals surface area contributed by atoms with Crippen LogP contribution in [0.2, 0.25) is 0 Å². The van der Waals surface area contributed by atoms with Crippen molar-refractivity contribution in [3.63, 3.8) is 0 Å². The van der Waals surface area contributed by atoms with Crippen molar-refractivity contribution in [2.24, 2.45) is 5.10 Å². The van der Waals surface area contributed by atoms with E-state index in [-0.39, 0.29) is 0 Å². The highest BCUT2D eigenvalue weighted by atomic mass is 16.5. The van der Waals surface area contributed by atoms with E-state index in [2.05, 4.69) is 10.5 Å². The summed E-state index contributed by atoms with van der Waals surface area (Å²) in [5.74, 6) is -0.0843. The second-order valence-electron chi connectivity index (χ2n) is 5.17. The highest BCUT2D eigenvalue weighted by Crippen LogP contribution is 2.26. The molecule has 0 unspecified atom stereocenters. The number of hydrogen-bond acceptors (Lipinski definition) is 5. The molecule has 1 aromatic carbocycles. The van der Waals surface area contributed by atoms with Crippen LogP contribution < -0.4 is 14.9 Å². The fraction of sp³-hybridized carbons (Fsp3) is 0.438. The maximum Gasteiger partial charge on any atom is 0.329 e. The van der Waals surface area contributed by atoms with Gasteiger partial charge in [-0.3, -0.25) is 9.59 Å². The van der Waals surface area contributed by atoms with E-state index in [0.29, 0.717) is 30.2 Å². The molecule has 1 aliphatic heterocycles. The predicted octanol–water partition coefficient (Wildman–Crippen LogP) is 1.17. The number of hydrogen-bond donors (Lipinski definition) is 1. The molecule has 1 saturated heterocycles. The summed E-state index contributed by atoms with van der Waals surface area (Å²) in [6.45, 7) is 1.26. The average molecular weight is 319 g/mol. The Morgan fingerprint density at radius 2 is 1.83 bits per heavy atom. The molecule has 1 fully saturated rings. The van der Waals surface area contributed by atoms with E-state index in [1.54, 1.807) is 30.2 Å². The number of carbonyl (C=O) groups is 2. The van der Waals surface area contributed by atoms with Crippen LogP contribution in [0.5, 0.6) is 11.5 Å². The van der Waals surface area contributed by atoms with E-state index >= 15 is 0 Å². The van der Waals surface area contributed by atoms with E-state index in [1.807, 2.05) is 0 Å². The zero-order valence-electron chi connectivity index (χ0n) is 13.4. The lowest BCUT2D eigenvalue weighted by atomic mass is 10.1. The predicted molar refractivity (Wildman–Crippen MR) is 85.7 cm³/mol. The molecule has 2 amide bonds. The topological polar surface area (TPSA) is 80.2 Å². The largest absolute Gasteiger partial charge is 0.493 e. The van der Waals surface area contributed by atoms with Crippen LogP contribution in [0.4, 0.5) is 0 Å². The first-order valence-corrected chi connectivity index (χ1v) is 7.50. The summed E-state index contributed by atoms with van der Waals surface area (Å²) >= 11 is 0. The van der Waals surface area contributed by atoms with Gasteiger partial charge in [-0.1, -0.05) is 0 Å². The third-order valence-electron chi connectivity index (χ3n) is 3.62. The Hall–Kier alpha value is -2.57. The summed E-state index contributed by atoms with van der Waals surface area (Å²) in [5.41, 5.74) is 2.98. The number of methoxy groups -OCH3 is 2. The lowest BCUT2D eigenvalue weighted by Crippen LogP contribution is -2.43. The molecule has 0 radical (unpaired) electrons. The van der Waals surface area contributed by atoms with Crippen LogP contribution >= 0.6 is 0 Å². The highest BCUT2D eigenvalue weighted by Gasteiger charge is 2.22. The number of ether oxygens (including phenoxy) is 2. The maximum atomic E-state index is 11.9. The number of rotatable bonds is 4. The number of amides is 2. The van der Waals surface area contributed by atoms with E-state index in [0.717, 1.165) is 19.3 Å². The Bertz CT molecular complexity index is 595. The van der Waals surface area contributed by atoms with Gasteiger partial charge >= 0.3 is 11.8 Å². The molecule has 7 heteroatoms. The van der Waals surface area contributed by atoms with Gasteiger partial charge in [-0.25, -0.2) is 5.43 Å². The first-order chi connectivity index (χ1) is 11.2. The van der Waals surface area contributed by atoms with Crippen molar-refractivity contribution in [2.75, 3.05) is 27.3 Å². The van der Waals surface area contributed by atoms with Crippen molar-refractivity contribution >= 4 is 18.0 Å². The zero-order valence-corrected chi connectivity index (χ0v) is 13.4. The third kappa shape index (κ3) is 4.45. The van der Waals surface area contributed by atoms with Gasteiger partial charge < -0.3 is 14.4 Å². The molecule has 0 atom stereocenters. The van der Waals surface area contributed by atoms with Crippen LogP contribution in [-0.2, 0) is 9.59 Å². The van der Waals surface area contributed by atoms with Crippen LogP contribution in [0, 0.1) is 0 Å². The molecule has 23 heavy (non-hydrogen) atoms. The van der Waals surface area contributed by atoms with Crippen molar-refractivity contribution in [1.82, 2.24) is 10.3 Å². The normalized spacial score (nSPS) is 14.6. The van der Waals surface area contributed by atoms with Crippen molar-refractivity contribution in [3.8, 4) is 11.5 Å². The van der Waals surface area contributed by atoms with Crippen molar-refractivity contribution in [1.29, 1.82) is 0 Å². The van der Waals surface area contributed by atoms with Gasteiger partial charge in [-0.05, 0) is 43.0 Å². The molecule has 0 spiro atoms. The van der Waals surface area contributed by atoms with Gasteiger partial charge in [-0.2, -0.15) is 5.10 Å². The lowest BCUT2D eigenvalue weighted by Gasteiger charge is -2.25. The Kier molecular flexibility index (Phi) is 5.96. The SMILES string of the molecule is COc1ccc(C=NNC(=O)C(=O)N2CCCCC2)cc1OC. The second-order valence-corrected chi connectivity index (χ2v) is 5.17. The van der Waals surface area contributed by atoms with Gasteiger partial charge in [-0.15, -0.1) is 0 Å². The zero-order chi connectivity index (χ0) is 16.7. The molecule has 124 valence electrons. The van der Waals surface area contributed by atoms with E-state index in [1.165, 1.54) is 13.3 Å². The molecule has 7 nitrogen and oxygen atoms in total. The van der Waals surface area contributed by atoms with Crippen LogP contribution in [-0.4, -0.2) is 50.2 Å². The van der Waals surface area contributed by atoms with Crippen molar-refractivity contribution in [2.45, 2.75) is 19.3 Å². The van der Waals surface area contributed by atoms with E-state index < -0.39 is 11.8 Å². The standard InChI is InChI=1S/C16H21N3O4/c1-22-13-7-6-12(10-14(13)23-2)11-17-18-15(20)16(21)19-8-4-3-5-9-19/h6-7,10-11H,3-5,8-9H2,1-2H3,(H,18,20). The molecule has 1 N–H and O–H groups in total. The molecular formula is C16H21N3O4. The molecule has 2 rings (SSSR count). The summed E-state index contributed by atoms with van der Waals surface area (Å²) in [6, 6.07) is 5.23. The minimum atomic E-state index is -0.719. The Balaban J connectivity index is 1.92. The monoisotopic (exact) mass is 319 g/mol. The van der Waals surface area contributed by atoms with Gasteiger partial charge in [0.05, 0.1) is 20.4 Å². The third-order valence-corrected chi connectivity index (χ3v) is 3.62. The van der Waals surface area contributed by atoms with Crippen LogP contribution in [0.15, 0.2) is 23.3 Å². The Labute approximate surface area is 135 Å². The van der Waals surface area contributed by atoms with Gasteiger partial charge in [0.15, 0.2) is 11.5 Å². The summed E-state index contributed by atoms with van der Waals surface area (Å²) in [4.78, 5) is 25.3. The molecule has 0 aromatic heterocycles. The van der Waals surface area contributed by atoms with E-state index in [4.69, 9.17) is 9.47 Å². The Morgan fingerprint density at radius 3 is 2.48 bits per heavy atom. The highest BCUT2D eigenvalue weighted by molar-refractivity contribution is 6.35. The number of nitrogens with zero attached hydrogens (tertiary/aromatic N) is 2. The fourth-order valence-corrected chi connectivity index (χ4v) is 2.39. The molecule has 0 bridgehead atoms. The fourth-order valence-electron chi connectivity index (χ4n) is 2.39. The summed E-state index contributed by atoms with van der Waals surface area (Å²) < 4.78 is 10.3. The quantitative estimate of drug-likeness (QED) is 0.513. The van der Waals surface area contributed by atoms with Crippen LogP contribution in [0.3, 0.4) is 0 Å². The van der Waals surface area contributed by atoms with Crippen LogP contribution in [0.25, 0.3) is 0 Å². The van der Waals surface area contributed by atoms with Crippen LogP contribution in [0.1, 0.15) is 24.8 Å². The minimum Gasteiger partial charge on any atom is -0.493 e. The molecular weight excluding hydrogens is 298 g/mol. The number of hydrazone groups is 1. The summed E-state index contributed by atoms with van der Waals surface area (Å²) in [5, 5.41) is 3.82. The van der Waals surface area contributed by atoms with Crippen molar-refractivity contribution < 1.29 is 19.1 Å². The molecule has 1 aliphatic rings. The lowest BCUT2D eigenvalue weighted by molar-refractivity contribution is -0.146. The van der Waals surface area contributed by atoms with Gasteiger partial charge in [0, 0.05) is 13.1 Å². The first-order valence-electron chi connectivity index (χ1n) is 7.50. The van der Waals surface area contributed by atoms with Gasteiger partial charge in [0.2, 0.25) is 0 Å². The number of nitrogens with one attached hydrogen (secondary N) is 1. The average Bonchev–Trinajstić information content (AvgIpc) is 2.61. The summed E-state index contributed by atoms with van der Waals surface area (Å²) in [6.07, 6.45) is 4.42. The number of benzene rings is 1. The molecule has 0 saturated carbocycles. The van der Waals surface area contributed by atoms with Crippen molar-refractivity contribution in [3.05, 3.63) is 23.8 Å². The number of carbonyl (C=O) groups excluding carboxylic acids is 2. The number of likely N-dealkylation sites (tertiary alicyclic amines) is 1. The first kappa shape index (κ1) is 16.8. The maximum absolute atomic E-state index is 11.9. The molecule has 1 heterocycles. The molecule has 0 aliphatic carbocycles. The smallest absolute Gasteiger partial charge is 0.329 e. The van der Waals surface area contributed by atoms with E-state index in [9.17, 15) is 9.59 Å². The summed E-state index contributed by atoms with van der Waals surface area (Å²) in [7, 11) is 3.09. The Morgan fingerprint density at radius 1 is 1.13 bits per heavy atom. The molecule has 1 aromatic rings. The van der Waals surface area contributed by atoms with Gasteiger partial charge in [0.1, 0.15) is 0 Å². The van der Waals surface area contributed by atoms with Gasteiger partial charge in [0.25, 0.3) is 0 Å².